The monoisotopic (exact) mass is 397 g/mol. The zero-order chi connectivity index (χ0) is 20.5. The Morgan fingerprint density at radius 3 is 2.32 bits per heavy atom. The summed E-state index contributed by atoms with van der Waals surface area (Å²) in [6.07, 6.45) is -5.08. The Kier molecular flexibility index (Phi) is 4.95. The highest BCUT2D eigenvalue weighted by Gasteiger charge is 2.40. The maximum Gasteiger partial charge on any atom is 0.453 e. The van der Waals surface area contributed by atoms with E-state index in [1.165, 1.54) is 6.07 Å². The van der Waals surface area contributed by atoms with Crippen LogP contribution in [-0.2, 0) is 11.0 Å². The minimum atomic E-state index is -5.08. The van der Waals surface area contributed by atoms with Crippen LogP contribution in [0.3, 0.4) is 0 Å². The number of alkyl halides is 3. The number of halogens is 4. The summed E-state index contributed by atoms with van der Waals surface area (Å²) >= 11 is 0. The molecule has 0 bridgehead atoms. The third kappa shape index (κ3) is 4.05. The zero-order valence-electron chi connectivity index (χ0n) is 13.7. The maximum atomic E-state index is 13.4. The SMILES string of the molecule is O=C([O-])COc1ccc2c(=O)c(Oc3ccc(F)cc3)c(C(F)(F)F)oc2c1. The highest BCUT2D eigenvalue weighted by Crippen LogP contribution is 2.38. The van der Waals surface area contributed by atoms with Crippen LogP contribution in [0.25, 0.3) is 11.0 Å². The van der Waals surface area contributed by atoms with E-state index in [2.05, 4.69) is 0 Å². The van der Waals surface area contributed by atoms with Crippen molar-refractivity contribution >= 4 is 16.9 Å². The van der Waals surface area contributed by atoms with E-state index in [0.717, 1.165) is 36.4 Å². The number of benzene rings is 2. The molecule has 1 aromatic heterocycles. The minimum Gasteiger partial charge on any atom is -0.546 e. The Morgan fingerprint density at radius 1 is 1.07 bits per heavy atom. The Labute approximate surface area is 153 Å². The molecule has 3 rings (SSSR count). The van der Waals surface area contributed by atoms with Crippen molar-refractivity contribution in [2.24, 2.45) is 0 Å². The molecule has 0 aliphatic heterocycles. The lowest BCUT2D eigenvalue weighted by Gasteiger charge is -2.14. The van der Waals surface area contributed by atoms with Gasteiger partial charge in [-0.3, -0.25) is 4.79 Å². The molecular formula is C18H9F4O6-. The molecule has 0 amide bonds. The third-order valence-corrected chi connectivity index (χ3v) is 3.47. The number of carboxylic acid groups (broad SMARTS) is 1. The van der Waals surface area contributed by atoms with Crippen molar-refractivity contribution in [1.29, 1.82) is 0 Å². The minimum absolute atomic E-state index is 0.139. The molecule has 0 saturated heterocycles. The predicted octanol–water partition coefficient (Wildman–Crippen LogP) is 2.87. The lowest BCUT2D eigenvalue weighted by atomic mass is 10.2. The smallest absolute Gasteiger partial charge is 0.453 e. The maximum absolute atomic E-state index is 13.4. The zero-order valence-corrected chi connectivity index (χ0v) is 13.7. The van der Waals surface area contributed by atoms with Gasteiger partial charge in [-0.25, -0.2) is 4.39 Å². The summed E-state index contributed by atoms with van der Waals surface area (Å²) in [5.41, 5.74) is -1.61. The molecule has 146 valence electrons. The number of hydrogen-bond donors (Lipinski definition) is 0. The molecule has 6 nitrogen and oxygen atoms in total. The molecule has 0 aliphatic carbocycles. The summed E-state index contributed by atoms with van der Waals surface area (Å²) in [6, 6.07) is 7.22. The normalized spacial score (nSPS) is 11.4. The fraction of sp³-hybridized carbons (Fsp3) is 0.111. The first-order valence-electron chi connectivity index (χ1n) is 7.59. The Morgan fingerprint density at radius 2 is 1.71 bits per heavy atom. The second kappa shape index (κ2) is 7.22. The van der Waals surface area contributed by atoms with Gasteiger partial charge in [-0.2, -0.15) is 13.2 Å². The molecule has 0 saturated carbocycles. The summed E-state index contributed by atoms with van der Waals surface area (Å²) in [6.45, 7) is -0.840. The Balaban J connectivity index is 2.12. The second-order valence-corrected chi connectivity index (χ2v) is 5.46. The van der Waals surface area contributed by atoms with Gasteiger partial charge in [0.1, 0.15) is 29.5 Å². The van der Waals surface area contributed by atoms with Crippen LogP contribution in [-0.4, -0.2) is 12.6 Å². The van der Waals surface area contributed by atoms with Crippen molar-refractivity contribution in [2.45, 2.75) is 6.18 Å². The van der Waals surface area contributed by atoms with Crippen molar-refractivity contribution in [3.63, 3.8) is 0 Å². The van der Waals surface area contributed by atoms with E-state index in [0.29, 0.717) is 0 Å². The van der Waals surface area contributed by atoms with Crippen LogP contribution in [0.15, 0.2) is 51.7 Å². The molecule has 28 heavy (non-hydrogen) atoms. The molecule has 3 aromatic rings. The number of hydrogen-bond acceptors (Lipinski definition) is 6. The number of carboxylic acids is 1. The topological polar surface area (TPSA) is 88.8 Å². The number of fused-ring (bicyclic) bond motifs is 1. The van der Waals surface area contributed by atoms with Gasteiger partial charge in [0.2, 0.25) is 11.2 Å². The lowest BCUT2D eigenvalue weighted by Crippen LogP contribution is -2.28. The van der Waals surface area contributed by atoms with Crippen LogP contribution in [0.2, 0.25) is 0 Å². The van der Waals surface area contributed by atoms with Gasteiger partial charge in [-0.15, -0.1) is 0 Å². The summed E-state index contributed by atoms with van der Waals surface area (Å²) in [7, 11) is 0. The van der Waals surface area contributed by atoms with Crippen LogP contribution in [0.5, 0.6) is 17.2 Å². The van der Waals surface area contributed by atoms with E-state index >= 15 is 0 Å². The van der Waals surface area contributed by atoms with Crippen molar-refractivity contribution in [3.05, 3.63) is 64.3 Å². The Hall–Kier alpha value is -3.56. The van der Waals surface area contributed by atoms with E-state index in [1.54, 1.807) is 0 Å². The van der Waals surface area contributed by atoms with Crippen molar-refractivity contribution < 1.29 is 41.4 Å². The van der Waals surface area contributed by atoms with E-state index in [1.807, 2.05) is 0 Å². The molecule has 0 atom stereocenters. The van der Waals surface area contributed by atoms with E-state index in [-0.39, 0.29) is 16.9 Å². The summed E-state index contributed by atoms with van der Waals surface area (Å²) in [4.78, 5) is 23.0. The number of ether oxygens (including phenoxy) is 2. The van der Waals surface area contributed by atoms with Gasteiger partial charge in [-0.05, 0) is 36.4 Å². The molecule has 0 aliphatic rings. The number of rotatable bonds is 5. The molecule has 0 fully saturated rings. The van der Waals surface area contributed by atoms with Crippen LogP contribution in [0, 0.1) is 5.82 Å². The number of aliphatic carboxylic acids is 1. The molecule has 10 heteroatoms. The standard InChI is InChI=1S/C18H10F4O6/c19-9-1-3-10(4-2-9)27-16-15(25)12-6-5-11(26-8-14(23)24)7-13(12)28-17(16)18(20,21)22/h1-7H,8H2,(H,23,24)/p-1. The van der Waals surface area contributed by atoms with Crippen LogP contribution < -0.4 is 20.0 Å². The largest absolute Gasteiger partial charge is 0.546 e. The van der Waals surface area contributed by atoms with Crippen molar-refractivity contribution in [3.8, 4) is 17.2 Å². The van der Waals surface area contributed by atoms with Crippen LogP contribution in [0.4, 0.5) is 17.6 Å². The first-order valence-corrected chi connectivity index (χ1v) is 7.59. The molecule has 0 spiro atoms. The van der Waals surface area contributed by atoms with Gasteiger partial charge in [-0.1, -0.05) is 0 Å². The molecule has 0 radical (unpaired) electrons. The number of carbonyl (C=O) groups excluding carboxylic acids is 1. The fourth-order valence-corrected chi connectivity index (χ4v) is 2.29. The first-order chi connectivity index (χ1) is 13.1. The van der Waals surface area contributed by atoms with Crippen molar-refractivity contribution in [2.75, 3.05) is 6.61 Å². The highest BCUT2D eigenvalue weighted by atomic mass is 19.4. The van der Waals surface area contributed by atoms with Gasteiger partial charge in [0.25, 0.3) is 5.76 Å². The third-order valence-electron chi connectivity index (χ3n) is 3.47. The van der Waals surface area contributed by atoms with Gasteiger partial charge in [0.15, 0.2) is 0 Å². The predicted molar refractivity (Wildman–Crippen MR) is 84.5 cm³/mol. The average molecular weight is 397 g/mol. The fourth-order valence-electron chi connectivity index (χ4n) is 2.29. The number of carbonyl (C=O) groups is 1. The molecular weight excluding hydrogens is 388 g/mol. The molecule has 1 heterocycles. The molecule has 2 aromatic carbocycles. The van der Waals surface area contributed by atoms with E-state index in [4.69, 9.17) is 13.9 Å². The van der Waals surface area contributed by atoms with E-state index in [9.17, 15) is 32.3 Å². The first kappa shape index (κ1) is 19.2. The van der Waals surface area contributed by atoms with Crippen molar-refractivity contribution in [1.82, 2.24) is 0 Å². The highest BCUT2D eigenvalue weighted by molar-refractivity contribution is 5.80. The summed E-state index contributed by atoms with van der Waals surface area (Å²) in [5, 5.41) is 10.2. The average Bonchev–Trinajstić information content (AvgIpc) is 2.62. The van der Waals surface area contributed by atoms with Crippen LogP contribution >= 0.6 is 0 Å². The second-order valence-electron chi connectivity index (χ2n) is 5.46. The van der Waals surface area contributed by atoms with Gasteiger partial charge < -0.3 is 23.8 Å². The Bertz CT molecular complexity index is 1090. The summed E-state index contributed by atoms with van der Waals surface area (Å²) in [5.74, 6) is -5.34. The van der Waals surface area contributed by atoms with Gasteiger partial charge in [0.05, 0.1) is 11.4 Å². The van der Waals surface area contributed by atoms with Gasteiger partial charge in [0, 0.05) is 6.07 Å². The van der Waals surface area contributed by atoms with E-state index < -0.39 is 47.1 Å². The van der Waals surface area contributed by atoms with Crippen LogP contribution in [0.1, 0.15) is 5.76 Å². The summed E-state index contributed by atoms with van der Waals surface area (Å²) < 4.78 is 67.8. The lowest BCUT2D eigenvalue weighted by molar-refractivity contribution is -0.307. The van der Waals surface area contributed by atoms with Gasteiger partial charge >= 0.3 is 6.18 Å². The molecule has 0 N–H and O–H groups in total. The quantitative estimate of drug-likeness (QED) is 0.615. The molecule has 0 unspecified atom stereocenters.